The van der Waals surface area contributed by atoms with E-state index in [0.29, 0.717) is 11.4 Å². The van der Waals surface area contributed by atoms with Gasteiger partial charge in [-0.3, -0.25) is 19.3 Å². The van der Waals surface area contributed by atoms with Crippen molar-refractivity contribution in [2.45, 2.75) is 31.9 Å². The number of aryl methyl sites for hydroxylation is 1. The maximum Gasteiger partial charge on any atom is 0.258 e. The molecule has 1 N–H and O–H groups in total. The van der Waals surface area contributed by atoms with Gasteiger partial charge in [0.05, 0.1) is 5.69 Å². The highest BCUT2D eigenvalue weighted by molar-refractivity contribution is 6.28. The lowest BCUT2D eigenvalue weighted by atomic mass is 9.84. The van der Waals surface area contributed by atoms with E-state index in [-0.39, 0.29) is 23.6 Å². The van der Waals surface area contributed by atoms with Crippen LogP contribution in [-0.4, -0.2) is 29.1 Å². The number of anilines is 2. The Labute approximate surface area is 209 Å². The molecule has 2 atom stereocenters. The van der Waals surface area contributed by atoms with Crippen molar-refractivity contribution < 1.29 is 19.5 Å². The van der Waals surface area contributed by atoms with Crippen LogP contribution in [0.1, 0.15) is 41.5 Å². The van der Waals surface area contributed by atoms with Crippen LogP contribution < -0.4 is 9.80 Å². The molecule has 0 spiro atoms. The second kappa shape index (κ2) is 9.76. The van der Waals surface area contributed by atoms with Crippen molar-refractivity contribution in [3.63, 3.8) is 0 Å². The maximum atomic E-state index is 12.1. The van der Waals surface area contributed by atoms with Crippen LogP contribution in [0.3, 0.4) is 0 Å². The first-order valence-electron chi connectivity index (χ1n) is 12.0. The molecule has 0 fully saturated rings. The Morgan fingerprint density at radius 1 is 0.694 bits per heavy atom. The van der Waals surface area contributed by atoms with Crippen LogP contribution in [0.4, 0.5) is 11.4 Å². The lowest BCUT2D eigenvalue weighted by molar-refractivity contribution is -0.120. The number of amides is 3. The Bertz CT molecular complexity index is 1340. The van der Waals surface area contributed by atoms with Gasteiger partial charge in [-0.15, -0.1) is 0 Å². The molecule has 2 aliphatic heterocycles. The first kappa shape index (κ1) is 23.5. The highest BCUT2D eigenvalue weighted by atomic mass is 16.3. The van der Waals surface area contributed by atoms with Gasteiger partial charge in [-0.05, 0) is 59.0 Å². The second-order valence-corrected chi connectivity index (χ2v) is 8.93. The highest BCUT2D eigenvalue weighted by Crippen LogP contribution is 2.35. The molecule has 36 heavy (non-hydrogen) atoms. The fourth-order valence-corrected chi connectivity index (χ4v) is 4.79. The first-order chi connectivity index (χ1) is 17.5. The van der Waals surface area contributed by atoms with Gasteiger partial charge in [0.2, 0.25) is 0 Å². The lowest BCUT2D eigenvalue weighted by Crippen LogP contribution is -2.33. The summed E-state index contributed by atoms with van der Waals surface area (Å²) in [5, 5.41) is 10.1. The van der Waals surface area contributed by atoms with Crippen LogP contribution in [0.2, 0.25) is 0 Å². The average molecular weight is 479 g/mol. The normalized spacial score (nSPS) is 17.9. The minimum Gasteiger partial charge on any atom is -0.369 e. The molecule has 180 valence electrons. The van der Waals surface area contributed by atoms with Gasteiger partial charge in [0, 0.05) is 29.8 Å². The average Bonchev–Trinajstić information content (AvgIpc) is 3.41. The van der Waals surface area contributed by atoms with Crippen molar-refractivity contribution in [3.8, 4) is 0 Å². The van der Waals surface area contributed by atoms with Gasteiger partial charge in [0.15, 0.2) is 6.23 Å². The number of rotatable bonds is 7. The van der Waals surface area contributed by atoms with Crippen LogP contribution in [0.5, 0.6) is 0 Å². The van der Waals surface area contributed by atoms with Gasteiger partial charge in [-0.2, -0.15) is 0 Å². The lowest BCUT2D eigenvalue weighted by Gasteiger charge is -2.23. The van der Waals surface area contributed by atoms with E-state index in [0.717, 1.165) is 34.4 Å². The highest BCUT2D eigenvalue weighted by Gasteiger charge is 2.27. The van der Waals surface area contributed by atoms with E-state index in [1.54, 1.807) is 12.1 Å². The molecule has 0 bridgehead atoms. The molecule has 6 heteroatoms. The first-order valence-corrected chi connectivity index (χ1v) is 12.0. The predicted octanol–water partition coefficient (Wildman–Crippen LogP) is 4.47. The Morgan fingerprint density at radius 3 is 1.67 bits per heavy atom. The summed E-state index contributed by atoms with van der Waals surface area (Å²) in [6, 6.07) is 23.6. The minimum atomic E-state index is -0.969. The van der Waals surface area contributed by atoms with Crippen LogP contribution in [0.25, 0.3) is 0 Å². The number of carbonyl (C=O) groups is 3. The number of hydrogen-bond donors (Lipinski definition) is 1. The zero-order valence-electron chi connectivity index (χ0n) is 19.9. The summed E-state index contributed by atoms with van der Waals surface area (Å²) < 4.78 is 0. The van der Waals surface area contributed by atoms with Gasteiger partial charge < -0.3 is 5.11 Å². The van der Waals surface area contributed by atoms with Crippen molar-refractivity contribution in [2.75, 3.05) is 9.80 Å². The summed E-state index contributed by atoms with van der Waals surface area (Å²) in [6.07, 6.45) is 6.50. The fourth-order valence-electron chi connectivity index (χ4n) is 4.79. The van der Waals surface area contributed by atoms with Crippen LogP contribution >= 0.6 is 0 Å². The third kappa shape index (κ3) is 4.39. The van der Waals surface area contributed by atoms with Crippen molar-refractivity contribution >= 4 is 29.1 Å². The zero-order valence-corrected chi connectivity index (χ0v) is 19.9. The summed E-state index contributed by atoms with van der Waals surface area (Å²) in [4.78, 5) is 38.8. The zero-order chi connectivity index (χ0) is 25.2. The second-order valence-electron chi connectivity index (χ2n) is 8.93. The SMILES string of the molecule is CCCc1ccc(C(c2ccc(N3C(=O)C=CC3=O)cc2)c2ccc(N3C(=O)C=CC3O)cc2)cc1. The number of aliphatic hydroxyl groups excluding tert-OH is 1. The molecule has 0 aliphatic carbocycles. The molecule has 5 rings (SSSR count). The Hall–Kier alpha value is -4.29. The molecule has 0 saturated heterocycles. The summed E-state index contributed by atoms with van der Waals surface area (Å²) in [6.45, 7) is 2.16. The van der Waals surface area contributed by atoms with E-state index >= 15 is 0 Å². The Kier molecular flexibility index (Phi) is 6.36. The Balaban J connectivity index is 1.50. The quantitative estimate of drug-likeness (QED) is 0.402. The van der Waals surface area contributed by atoms with Crippen LogP contribution in [0, 0.1) is 0 Å². The number of nitrogens with zero attached hydrogens (tertiary/aromatic N) is 2. The molecule has 0 radical (unpaired) electrons. The fraction of sp³-hybridized carbons (Fsp3) is 0.167. The monoisotopic (exact) mass is 478 g/mol. The largest absolute Gasteiger partial charge is 0.369 e. The van der Waals surface area contributed by atoms with Crippen molar-refractivity contribution in [1.82, 2.24) is 0 Å². The smallest absolute Gasteiger partial charge is 0.258 e. The van der Waals surface area contributed by atoms with E-state index < -0.39 is 6.23 Å². The Morgan fingerprint density at radius 2 is 1.19 bits per heavy atom. The molecule has 0 aromatic heterocycles. The number of benzene rings is 3. The molecule has 2 unspecified atom stereocenters. The molecule has 0 saturated carbocycles. The summed E-state index contributed by atoms with van der Waals surface area (Å²) in [7, 11) is 0. The summed E-state index contributed by atoms with van der Waals surface area (Å²) in [5.41, 5.74) is 5.54. The number of imide groups is 1. The number of aliphatic hydroxyl groups is 1. The van der Waals surface area contributed by atoms with Gasteiger partial charge in [0.1, 0.15) is 0 Å². The van der Waals surface area contributed by atoms with E-state index in [2.05, 4.69) is 31.2 Å². The van der Waals surface area contributed by atoms with Gasteiger partial charge >= 0.3 is 0 Å². The van der Waals surface area contributed by atoms with E-state index in [4.69, 9.17) is 0 Å². The molecule has 3 aromatic rings. The maximum absolute atomic E-state index is 12.1. The van der Waals surface area contributed by atoms with Gasteiger partial charge in [-0.25, -0.2) is 4.90 Å². The number of hydrogen-bond acceptors (Lipinski definition) is 4. The molecule has 2 aliphatic rings. The molecular formula is C30H26N2O4. The van der Waals surface area contributed by atoms with Gasteiger partial charge in [0.25, 0.3) is 17.7 Å². The molecule has 3 aromatic carbocycles. The molecule has 2 heterocycles. The van der Waals surface area contributed by atoms with Crippen LogP contribution in [-0.2, 0) is 20.8 Å². The van der Waals surface area contributed by atoms with Crippen molar-refractivity contribution in [3.05, 3.63) is 119 Å². The van der Waals surface area contributed by atoms with Crippen molar-refractivity contribution in [2.24, 2.45) is 0 Å². The predicted molar refractivity (Wildman–Crippen MR) is 139 cm³/mol. The molecule has 3 amide bonds. The minimum absolute atomic E-state index is 0.107. The summed E-state index contributed by atoms with van der Waals surface area (Å²) >= 11 is 0. The molecular weight excluding hydrogens is 452 g/mol. The van der Waals surface area contributed by atoms with E-state index in [1.165, 1.54) is 34.8 Å². The summed E-state index contributed by atoms with van der Waals surface area (Å²) in [5.74, 6) is -1.06. The van der Waals surface area contributed by atoms with Crippen molar-refractivity contribution in [1.29, 1.82) is 0 Å². The standard InChI is InChI=1S/C30H26N2O4/c1-2-3-20-4-6-21(7-5-20)30(22-8-12-24(13-9-22)31-26(33)16-17-27(31)34)23-10-14-25(15-11-23)32-28(35)18-19-29(32)36/h4-19,26,30,33H,2-3H2,1H3. The van der Waals surface area contributed by atoms with Crippen LogP contribution in [0.15, 0.2) is 97.1 Å². The third-order valence-corrected chi connectivity index (χ3v) is 6.56. The number of carbonyl (C=O) groups excluding carboxylic acids is 3. The van der Waals surface area contributed by atoms with E-state index in [9.17, 15) is 19.5 Å². The third-order valence-electron chi connectivity index (χ3n) is 6.56. The molecule has 6 nitrogen and oxygen atoms in total. The van der Waals surface area contributed by atoms with E-state index in [1.807, 2.05) is 36.4 Å². The van der Waals surface area contributed by atoms with Gasteiger partial charge in [-0.1, -0.05) is 61.9 Å². The topological polar surface area (TPSA) is 77.9 Å².